The first kappa shape index (κ1) is 14.0. The minimum atomic E-state index is -0.203. The van der Waals surface area contributed by atoms with Gasteiger partial charge in [-0.05, 0) is 18.9 Å². The minimum Gasteiger partial charge on any atom is -0.460 e. The summed E-state index contributed by atoms with van der Waals surface area (Å²) >= 11 is 0. The SMILES string of the molecule is CC(C(=O)OCc1ccccc1)N1CCCOCC1. The molecule has 104 valence electrons. The van der Waals surface area contributed by atoms with Crippen molar-refractivity contribution < 1.29 is 14.3 Å². The molecule has 2 rings (SSSR count). The lowest BCUT2D eigenvalue weighted by Gasteiger charge is -2.25. The quantitative estimate of drug-likeness (QED) is 0.777. The second-order valence-corrected chi connectivity index (χ2v) is 4.77. The summed E-state index contributed by atoms with van der Waals surface area (Å²) < 4.78 is 10.8. The zero-order valence-electron chi connectivity index (χ0n) is 11.4. The molecule has 1 fully saturated rings. The van der Waals surface area contributed by atoms with E-state index in [2.05, 4.69) is 4.90 Å². The van der Waals surface area contributed by atoms with E-state index in [4.69, 9.17) is 9.47 Å². The van der Waals surface area contributed by atoms with Crippen LogP contribution in [0.3, 0.4) is 0 Å². The lowest BCUT2D eigenvalue weighted by Crippen LogP contribution is -2.41. The van der Waals surface area contributed by atoms with Crippen molar-refractivity contribution in [2.24, 2.45) is 0 Å². The summed E-state index contributed by atoms with van der Waals surface area (Å²) in [6.07, 6.45) is 0.969. The number of hydrogen-bond acceptors (Lipinski definition) is 4. The highest BCUT2D eigenvalue weighted by molar-refractivity contribution is 5.75. The van der Waals surface area contributed by atoms with Crippen molar-refractivity contribution in [3.63, 3.8) is 0 Å². The van der Waals surface area contributed by atoms with E-state index in [1.807, 2.05) is 37.3 Å². The molecule has 0 N–H and O–H groups in total. The standard InChI is InChI=1S/C15H21NO3/c1-13(16-8-5-10-18-11-9-16)15(17)19-12-14-6-3-2-4-7-14/h2-4,6-7,13H,5,8-12H2,1H3. The third-order valence-electron chi connectivity index (χ3n) is 3.37. The van der Waals surface area contributed by atoms with Crippen molar-refractivity contribution in [2.75, 3.05) is 26.3 Å². The first-order chi connectivity index (χ1) is 9.27. The van der Waals surface area contributed by atoms with Crippen LogP contribution in [0.2, 0.25) is 0 Å². The van der Waals surface area contributed by atoms with E-state index in [0.29, 0.717) is 13.2 Å². The lowest BCUT2D eigenvalue weighted by atomic mass is 10.2. The van der Waals surface area contributed by atoms with Gasteiger partial charge in [-0.25, -0.2) is 0 Å². The maximum absolute atomic E-state index is 12.0. The van der Waals surface area contributed by atoms with Crippen molar-refractivity contribution in [1.29, 1.82) is 0 Å². The maximum atomic E-state index is 12.0. The smallest absolute Gasteiger partial charge is 0.323 e. The van der Waals surface area contributed by atoms with Crippen LogP contribution in [0, 0.1) is 0 Å². The number of esters is 1. The number of carbonyl (C=O) groups is 1. The summed E-state index contributed by atoms with van der Waals surface area (Å²) in [5.41, 5.74) is 1.02. The number of hydrogen-bond donors (Lipinski definition) is 0. The molecule has 0 aliphatic carbocycles. The molecular formula is C15H21NO3. The topological polar surface area (TPSA) is 38.8 Å². The van der Waals surface area contributed by atoms with Gasteiger partial charge in [0.2, 0.25) is 0 Å². The molecule has 1 unspecified atom stereocenters. The van der Waals surface area contributed by atoms with E-state index < -0.39 is 0 Å². The van der Waals surface area contributed by atoms with Crippen molar-refractivity contribution in [1.82, 2.24) is 4.90 Å². The Morgan fingerprint density at radius 1 is 1.32 bits per heavy atom. The summed E-state index contributed by atoms with van der Waals surface area (Å²) in [6.45, 7) is 5.40. The van der Waals surface area contributed by atoms with Crippen LogP contribution in [0.5, 0.6) is 0 Å². The van der Waals surface area contributed by atoms with Crippen LogP contribution in [0.25, 0.3) is 0 Å². The fourth-order valence-corrected chi connectivity index (χ4v) is 2.15. The first-order valence-corrected chi connectivity index (χ1v) is 6.80. The van der Waals surface area contributed by atoms with Crippen molar-refractivity contribution >= 4 is 5.97 Å². The Kier molecular flexibility index (Phi) is 5.36. The zero-order valence-corrected chi connectivity index (χ0v) is 11.4. The third-order valence-corrected chi connectivity index (χ3v) is 3.37. The van der Waals surface area contributed by atoms with Gasteiger partial charge in [-0.15, -0.1) is 0 Å². The van der Waals surface area contributed by atoms with Crippen molar-refractivity contribution in [3.8, 4) is 0 Å². The van der Waals surface area contributed by atoms with E-state index in [0.717, 1.165) is 31.7 Å². The molecule has 0 spiro atoms. The second kappa shape index (κ2) is 7.26. The molecule has 1 aliphatic rings. The number of carbonyl (C=O) groups excluding carboxylic acids is 1. The van der Waals surface area contributed by atoms with Gasteiger partial charge in [0.05, 0.1) is 6.61 Å². The number of benzene rings is 1. The molecule has 0 amide bonds. The molecule has 0 radical (unpaired) electrons. The van der Waals surface area contributed by atoms with Crippen LogP contribution in [-0.4, -0.2) is 43.2 Å². The molecule has 1 aliphatic heterocycles. The number of ether oxygens (including phenoxy) is 2. The predicted molar refractivity (Wildman–Crippen MR) is 72.7 cm³/mol. The Morgan fingerprint density at radius 2 is 2.11 bits per heavy atom. The highest BCUT2D eigenvalue weighted by Gasteiger charge is 2.23. The molecule has 1 saturated heterocycles. The molecule has 1 aromatic carbocycles. The van der Waals surface area contributed by atoms with Crippen molar-refractivity contribution in [2.45, 2.75) is 26.0 Å². The van der Waals surface area contributed by atoms with Gasteiger partial charge in [0.1, 0.15) is 12.6 Å². The van der Waals surface area contributed by atoms with E-state index in [-0.39, 0.29) is 12.0 Å². The average Bonchev–Trinajstić information content (AvgIpc) is 2.74. The van der Waals surface area contributed by atoms with E-state index in [1.54, 1.807) is 0 Å². The van der Waals surface area contributed by atoms with E-state index >= 15 is 0 Å². The summed E-state index contributed by atoms with van der Waals surface area (Å²) in [7, 11) is 0. The molecule has 1 aromatic rings. The van der Waals surface area contributed by atoms with Gasteiger partial charge >= 0.3 is 5.97 Å². The fraction of sp³-hybridized carbons (Fsp3) is 0.533. The summed E-state index contributed by atoms with van der Waals surface area (Å²) in [5, 5.41) is 0. The molecule has 19 heavy (non-hydrogen) atoms. The zero-order chi connectivity index (χ0) is 13.5. The van der Waals surface area contributed by atoms with Crippen LogP contribution in [0.15, 0.2) is 30.3 Å². The van der Waals surface area contributed by atoms with Crippen LogP contribution in [-0.2, 0) is 20.9 Å². The molecule has 1 heterocycles. The largest absolute Gasteiger partial charge is 0.460 e. The maximum Gasteiger partial charge on any atom is 0.323 e. The second-order valence-electron chi connectivity index (χ2n) is 4.77. The predicted octanol–water partition coefficient (Wildman–Crippen LogP) is 1.84. The van der Waals surface area contributed by atoms with E-state index in [9.17, 15) is 4.79 Å². The Balaban J connectivity index is 1.81. The molecule has 4 nitrogen and oxygen atoms in total. The summed E-state index contributed by atoms with van der Waals surface area (Å²) in [6, 6.07) is 9.54. The Labute approximate surface area is 114 Å². The first-order valence-electron chi connectivity index (χ1n) is 6.80. The van der Waals surface area contributed by atoms with E-state index in [1.165, 1.54) is 0 Å². The van der Waals surface area contributed by atoms with Crippen molar-refractivity contribution in [3.05, 3.63) is 35.9 Å². The highest BCUT2D eigenvalue weighted by Crippen LogP contribution is 2.08. The molecule has 0 saturated carbocycles. The number of rotatable bonds is 4. The normalized spacial score (nSPS) is 18.6. The van der Waals surface area contributed by atoms with Gasteiger partial charge in [0, 0.05) is 19.7 Å². The van der Waals surface area contributed by atoms with Crippen LogP contribution in [0.1, 0.15) is 18.9 Å². The minimum absolute atomic E-state index is 0.161. The monoisotopic (exact) mass is 263 g/mol. The average molecular weight is 263 g/mol. The molecule has 4 heteroatoms. The lowest BCUT2D eigenvalue weighted by molar-refractivity contribution is -0.150. The van der Waals surface area contributed by atoms with Gasteiger partial charge in [-0.1, -0.05) is 30.3 Å². The van der Waals surface area contributed by atoms with Gasteiger partial charge in [0.25, 0.3) is 0 Å². The third kappa shape index (κ3) is 4.33. The Morgan fingerprint density at radius 3 is 2.89 bits per heavy atom. The van der Waals surface area contributed by atoms with Crippen LogP contribution < -0.4 is 0 Å². The van der Waals surface area contributed by atoms with Gasteiger partial charge in [-0.2, -0.15) is 0 Å². The fourth-order valence-electron chi connectivity index (χ4n) is 2.15. The van der Waals surface area contributed by atoms with Crippen LogP contribution in [0.4, 0.5) is 0 Å². The molecule has 0 bridgehead atoms. The molecule has 0 aromatic heterocycles. The van der Waals surface area contributed by atoms with Gasteiger partial charge in [0.15, 0.2) is 0 Å². The Bertz CT molecular complexity index is 386. The summed E-state index contributed by atoms with van der Waals surface area (Å²) in [4.78, 5) is 14.1. The molecule has 1 atom stereocenters. The number of nitrogens with zero attached hydrogens (tertiary/aromatic N) is 1. The van der Waals surface area contributed by atoms with Gasteiger partial charge in [-0.3, -0.25) is 9.69 Å². The highest BCUT2D eigenvalue weighted by atomic mass is 16.5. The van der Waals surface area contributed by atoms with Gasteiger partial charge < -0.3 is 9.47 Å². The van der Waals surface area contributed by atoms with Crippen LogP contribution >= 0.6 is 0 Å². The summed E-state index contributed by atoms with van der Waals surface area (Å²) in [5.74, 6) is -0.161. The Hall–Kier alpha value is -1.39. The molecular weight excluding hydrogens is 242 g/mol.